The molecule has 2 atom stereocenters. The van der Waals surface area contributed by atoms with Crippen LogP contribution >= 0.6 is 0 Å². The molecule has 0 aliphatic carbocycles. The van der Waals surface area contributed by atoms with Gasteiger partial charge >= 0.3 is 0 Å². The second kappa shape index (κ2) is 6.14. The SMILES string of the molecule is CCCNc1ccc(S(=O)(=O)N2CC(C)CC2C)cc1. The van der Waals surface area contributed by atoms with Crippen LogP contribution in [-0.4, -0.2) is 31.9 Å². The second-order valence-electron chi connectivity index (χ2n) is 5.72. The minimum absolute atomic E-state index is 0.0906. The Hall–Kier alpha value is -1.07. The Kier molecular flexibility index (Phi) is 4.70. The summed E-state index contributed by atoms with van der Waals surface area (Å²) in [5, 5.41) is 3.25. The summed E-state index contributed by atoms with van der Waals surface area (Å²) in [5.41, 5.74) is 0.966. The third-order valence-electron chi connectivity index (χ3n) is 3.77. The van der Waals surface area contributed by atoms with E-state index in [1.54, 1.807) is 16.4 Å². The zero-order valence-corrected chi connectivity index (χ0v) is 13.3. The Morgan fingerprint density at radius 2 is 1.90 bits per heavy atom. The first-order valence-electron chi connectivity index (χ1n) is 7.31. The van der Waals surface area contributed by atoms with Crippen LogP contribution in [0.15, 0.2) is 29.2 Å². The van der Waals surface area contributed by atoms with E-state index in [9.17, 15) is 8.42 Å². The van der Waals surface area contributed by atoms with Crippen LogP contribution in [0.4, 0.5) is 5.69 Å². The number of hydrogen-bond donors (Lipinski definition) is 1. The molecule has 2 unspecified atom stereocenters. The topological polar surface area (TPSA) is 49.4 Å². The molecule has 0 radical (unpaired) electrons. The van der Waals surface area contributed by atoms with Crippen LogP contribution in [0.2, 0.25) is 0 Å². The maximum Gasteiger partial charge on any atom is 0.243 e. The minimum atomic E-state index is -3.35. The van der Waals surface area contributed by atoms with Crippen molar-refractivity contribution in [2.75, 3.05) is 18.4 Å². The molecule has 1 aliphatic rings. The molecular weight excluding hydrogens is 272 g/mol. The van der Waals surface area contributed by atoms with E-state index >= 15 is 0 Å². The highest BCUT2D eigenvalue weighted by Gasteiger charge is 2.35. The summed E-state index contributed by atoms with van der Waals surface area (Å²) in [6.45, 7) is 7.70. The van der Waals surface area contributed by atoms with Crippen LogP contribution in [0, 0.1) is 5.92 Å². The monoisotopic (exact) mass is 296 g/mol. The number of nitrogens with one attached hydrogen (secondary N) is 1. The summed E-state index contributed by atoms with van der Waals surface area (Å²) >= 11 is 0. The van der Waals surface area contributed by atoms with Crippen molar-refractivity contribution in [2.24, 2.45) is 5.92 Å². The summed E-state index contributed by atoms with van der Waals surface area (Å²) in [6.07, 6.45) is 1.98. The fraction of sp³-hybridized carbons (Fsp3) is 0.600. The van der Waals surface area contributed by atoms with Gasteiger partial charge in [0.25, 0.3) is 0 Å². The van der Waals surface area contributed by atoms with Crippen molar-refractivity contribution in [2.45, 2.75) is 44.6 Å². The summed E-state index contributed by atoms with van der Waals surface area (Å²) in [7, 11) is -3.35. The molecule has 1 saturated heterocycles. The lowest BCUT2D eigenvalue weighted by Gasteiger charge is -2.21. The molecule has 1 N–H and O–H groups in total. The van der Waals surface area contributed by atoms with E-state index in [4.69, 9.17) is 0 Å². The lowest BCUT2D eigenvalue weighted by molar-refractivity contribution is 0.405. The Labute approximate surface area is 122 Å². The summed E-state index contributed by atoms with van der Waals surface area (Å²) in [6, 6.07) is 7.17. The smallest absolute Gasteiger partial charge is 0.243 e. The quantitative estimate of drug-likeness (QED) is 0.909. The van der Waals surface area contributed by atoms with Gasteiger partial charge in [-0.1, -0.05) is 13.8 Å². The van der Waals surface area contributed by atoms with Gasteiger partial charge in [0.1, 0.15) is 0 Å². The second-order valence-corrected chi connectivity index (χ2v) is 7.61. The van der Waals surface area contributed by atoms with Gasteiger partial charge in [0, 0.05) is 24.8 Å². The van der Waals surface area contributed by atoms with E-state index in [-0.39, 0.29) is 6.04 Å². The summed E-state index contributed by atoms with van der Waals surface area (Å²) in [4.78, 5) is 0.389. The molecule has 112 valence electrons. The Morgan fingerprint density at radius 3 is 2.40 bits per heavy atom. The number of hydrogen-bond acceptors (Lipinski definition) is 3. The zero-order valence-electron chi connectivity index (χ0n) is 12.5. The van der Waals surface area contributed by atoms with Crippen LogP contribution < -0.4 is 5.32 Å². The fourth-order valence-electron chi connectivity index (χ4n) is 2.75. The van der Waals surface area contributed by atoms with Crippen LogP contribution in [0.3, 0.4) is 0 Å². The van der Waals surface area contributed by atoms with E-state index in [1.165, 1.54) is 0 Å². The van der Waals surface area contributed by atoms with Gasteiger partial charge in [0.15, 0.2) is 0 Å². The molecule has 0 saturated carbocycles. The molecule has 0 spiro atoms. The van der Waals surface area contributed by atoms with Gasteiger partial charge in [-0.3, -0.25) is 0 Å². The lowest BCUT2D eigenvalue weighted by Crippen LogP contribution is -2.33. The van der Waals surface area contributed by atoms with E-state index in [0.717, 1.165) is 25.1 Å². The number of anilines is 1. The van der Waals surface area contributed by atoms with E-state index in [1.807, 2.05) is 19.1 Å². The van der Waals surface area contributed by atoms with Gasteiger partial charge in [0.2, 0.25) is 10.0 Å². The average Bonchev–Trinajstić information content (AvgIpc) is 2.76. The van der Waals surface area contributed by atoms with Gasteiger partial charge < -0.3 is 5.32 Å². The first-order valence-corrected chi connectivity index (χ1v) is 8.75. The van der Waals surface area contributed by atoms with Crippen LogP contribution in [0.5, 0.6) is 0 Å². The fourth-order valence-corrected chi connectivity index (χ4v) is 4.51. The predicted molar refractivity (Wildman–Crippen MR) is 82.4 cm³/mol. The Morgan fingerprint density at radius 1 is 1.25 bits per heavy atom. The Bertz CT molecular complexity index is 539. The highest BCUT2D eigenvalue weighted by Crippen LogP contribution is 2.29. The summed E-state index contributed by atoms with van der Waals surface area (Å²) in [5.74, 6) is 0.435. The van der Waals surface area contributed by atoms with Gasteiger partial charge in [-0.15, -0.1) is 0 Å². The highest BCUT2D eigenvalue weighted by atomic mass is 32.2. The summed E-state index contributed by atoms with van der Waals surface area (Å²) < 4.78 is 26.9. The molecule has 1 heterocycles. The van der Waals surface area contributed by atoms with Crippen molar-refractivity contribution in [1.82, 2.24) is 4.31 Å². The number of rotatable bonds is 5. The van der Waals surface area contributed by atoms with Gasteiger partial charge in [-0.2, -0.15) is 4.31 Å². The maximum atomic E-state index is 12.6. The van der Waals surface area contributed by atoms with E-state index in [2.05, 4.69) is 19.2 Å². The zero-order chi connectivity index (χ0) is 14.8. The van der Waals surface area contributed by atoms with Gasteiger partial charge in [-0.05, 0) is 49.9 Å². The molecule has 2 rings (SSSR count). The molecule has 20 heavy (non-hydrogen) atoms. The molecule has 1 aliphatic heterocycles. The third kappa shape index (κ3) is 3.15. The van der Waals surface area contributed by atoms with Gasteiger partial charge in [0.05, 0.1) is 4.90 Å². The molecule has 1 fully saturated rings. The Balaban J connectivity index is 2.17. The van der Waals surface area contributed by atoms with Crippen molar-refractivity contribution in [3.63, 3.8) is 0 Å². The number of nitrogens with zero attached hydrogens (tertiary/aromatic N) is 1. The molecule has 4 nitrogen and oxygen atoms in total. The van der Waals surface area contributed by atoms with Crippen LogP contribution in [0.1, 0.15) is 33.6 Å². The molecule has 5 heteroatoms. The van der Waals surface area contributed by atoms with Crippen LogP contribution in [0.25, 0.3) is 0 Å². The van der Waals surface area contributed by atoms with E-state index < -0.39 is 10.0 Å². The van der Waals surface area contributed by atoms with E-state index in [0.29, 0.717) is 17.4 Å². The molecule has 0 aromatic heterocycles. The van der Waals surface area contributed by atoms with Crippen molar-refractivity contribution in [1.29, 1.82) is 0 Å². The normalized spacial score (nSPS) is 23.9. The molecular formula is C15H24N2O2S. The van der Waals surface area contributed by atoms with Crippen molar-refractivity contribution < 1.29 is 8.42 Å². The molecule has 0 bridgehead atoms. The molecule has 1 aromatic rings. The maximum absolute atomic E-state index is 12.6. The first kappa shape index (κ1) is 15.3. The van der Waals surface area contributed by atoms with Crippen molar-refractivity contribution in [3.8, 4) is 0 Å². The minimum Gasteiger partial charge on any atom is -0.385 e. The number of benzene rings is 1. The predicted octanol–water partition coefficient (Wildman–Crippen LogP) is 2.93. The lowest BCUT2D eigenvalue weighted by atomic mass is 10.1. The van der Waals surface area contributed by atoms with Gasteiger partial charge in [-0.25, -0.2) is 8.42 Å². The van der Waals surface area contributed by atoms with Crippen LogP contribution in [-0.2, 0) is 10.0 Å². The molecule has 1 aromatic carbocycles. The largest absolute Gasteiger partial charge is 0.385 e. The van der Waals surface area contributed by atoms with Crippen molar-refractivity contribution in [3.05, 3.63) is 24.3 Å². The number of sulfonamides is 1. The highest BCUT2D eigenvalue weighted by molar-refractivity contribution is 7.89. The first-order chi connectivity index (χ1) is 9.45. The molecule has 0 amide bonds. The third-order valence-corrected chi connectivity index (χ3v) is 5.76. The van der Waals surface area contributed by atoms with Crippen molar-refractivity contribution >= 4 is 15.7 Å². The average molecular weight is 296 g/mol. The standard InChI is InChI=1S/C15H24N2O2S/c1-4-9-16-14-5-7-15(8-6-14)20(18,19)17-11-12(2)10-13(17)3/h5-8,12-13,16H,4,9-11H2,1-3H3.